The zero-order valence-corrected chi connectivity index (χ0v) is 9.73. The van der Waals surface area contributed by atoms with Gasteiger partial charge in [-0.25, -0.2) is 4.79 Å². The molecule has 1 aromatic carbocycles. The van der Waals surface area contributed by atoms with Crippen LogP contribution >= 0.6 is 11.6 Å². The van der Waals surface area contributed by atoms with Crippen molar-refractivity contribution in [2.45, 2.75) is 0 Å². The highest BCUT2D eigenvalue weighted by atomic mass is 35.5. The smallest absolute Gasteiger partial charge is 0.341 e. The van der Waals surface area contributed by atoms with Crippen molar-refractivity contribution in [2.75, 3.05) is 5.32 Å². The van der Waals surface area contributed by atoms with Crippen molar-refractivity contribution >= 4 is 29.3 Å². The number of nitrogens with one attached hydrogen (secondary N) is 2. The van der Waals surface area contributed by atoms with E-state index >= 15 is 0 Å². The van der Waals surface area contributed by atoms with E-state index in [1.54, 1.807) is 18.2 Å². The number of carboxylic acids is 1. The number of hydrogen-bond donors (Lipinski definition) is 3. The Morgan fingerprint density at radius 2 is 2.00 bits per heavy atom. The Labute approximate surface area is 107 Å². The van der Waals surface area contributed by atoms with Crippen LogP contribution in [-0.2, 0) is 0 Å². The first-order valence-corrected chi connectivity index (χ1v) is 5.30. The average Bonchev–Trinajstić information content (AvgIpc) is 2.77. The number of aromatic nitrogens is 2. The first-order chi connectivity index (χ1) is 8.59. The van der Waals surface area contributed by atoms with E-state index in [-0.39, 0.29) is 22.0 Å². The molecule has 0 aliphatic carbocycles. The standard InChI is InChI=1S/C11H8ClN3O3/c12-8-4-2-1-3-6(8)10(16)14-9-7(11(17)18)5-13-15-9/h1-5H,(H,17,18)(H2,13,14,15,16). The molecule has 1 amide bonds. The van der Waals surface area contributed by atoms with Crippen molar-refractivity contribution in [3.05, 3.63) is 46.6 Å². The Hall–Kier alpha value is -2.34. The average molecular weight is 266 g/mol. The quantitative estimate of drug-likeness (QED) is 0.791. The lowest BCUT2D eigenvalue weighted by molar-refractivity contribution is 0.0698. The fourth-order valence-electron chi connectivity index (χ4n) is 1.37. The molecule has 0 aliphatic rings. The second-order valence-electron chi connectivity index (χ2n) is 3.40. The highest BCUT2D eigenvalue weighted by Gasteiger charge is 2.16. The van der Waals surface area contributed by atoms with Crippen molar-refractivity contribution < 1.29 is 14.7 Å². The molecule has 2 aromatic rings. The number of carbonyl (C=O) groups excluding carboxylic acids is 1. The molecule has 3 N–H and O–H groups in total. The van der Waals surface area contributed by atoms with Gasteiger partial charge in [-0.05, 0) is 12.1 Å². The van der Waals surface area contributed by atoms with Gasteiger partial charge in [0.2, 0.25) is 0 Å². The van der Waals surface area contributed by atoms with Gasteiger partial charge in [0.05, 0.1) is 16.8 Å². The summed E-state index contributed by atoms with van der Waals surface area (Å²) in [7, 11) is 0. The van der Waals surface area contributed by atoms with Crippen molar-refractivity contribution in [3.8, 4) is 0 Å². The zero-order chi connectivity index (χ0) is 13.1. The SMILES string of the molecule is O=C(Nc1[nH]ncc1C(=O)O)c1ccccc1Cl. The second-order valence-corrected chi connectivity index (χ2v) is 3.81. The first kappa shape index (κ1) is 12.1. The molecule has 0 saturated heterocycles. The number of carboxylic acid groups (broad SMARTS) is 1. The van der Waals surface area contributed by atoms with Crippen LogP contribution in [0.25, 0.3) is 0 Å². The van der Waals surface area contributed by atoms with Gasteiger partial charge in [-0.1, -0.05) is 23.7 Å². The normalized spacial score (nSPS) is 10.1. The minimum atomic E-state index is -1.18. The largest absolute Gasteiger partial charge is 0.477 e. The molecule has 6 nitrogen and oxygen atoms in total. The van der Waals surface area contributed by atoms with E-state index < -0.39 is 11.9 Å². The summed E-state index contributed by atoms with van der Waals surface area (Å²) in [6.07, 6.45) is 1.12. The van der Waals surface area contributed by atoms with Crippen LogP contribution in [-0.4, -0.2) is 27.2 Å². The summed E-state index contributed by atoms with van der Waals surface area (Å²) in [6.45, 7) is 0. The summed E-state index contributed by atoms with van der Waals surface area (Å²) >= 11 is 5.86. The first-order valence-electron chi connectivity index (χ1n) is 4.92. The number of H-pyrrole nitrogens is 1. The summed E-state index contributed by atoms with van der Waals surface area (Å²) in [5.41, 5.74) is 0.139. The lowest BCUT2D eigenvalue weighted by Crippen LogP contribution is -2.14. The molecule has 18 heavy (non-hydrogen) atoms. The number of carbonyl (C=O) groups is 2. The number of hydrogen-bond acceptors (Lipinski definition) is 3. The molecule has 92 valence electrons. The Morgan fingerprint density at radius 3 is 2.67 bits per heavy atom. The third kappa shape index (κ3) is 2.33. The number of nitrogens with zero attached hydrogens (tertiary/aromatic N) is 1. The number of benzene rings is 1. The number of aromatic carboxylic acids is 1. The summed E-state index contributed by atoms with van der Waals surface area (Å²) in [4.78, 5) is 22.7. The second kappa shape index (κ2) is 4.89. The van der Waals surface area contributed by atoms with E-state index in [1.807, 2.05) is 0 Å². The Kier molecular flexibility index (Phi) is 3.29. The van der Waals surface area contributed by atoms with Gasteiger partial charge in [0.15, 0.2) is 0 Å². The van der Waals surface area contributed by atoms with Gasteiger partial charge in [-0.3, -0.25) is 9.89 Å². The third-order valence-electron chi connectivity index (χ3n) is 2.23. The van der Waals surface area contributed by atoms with Gasteiger partial charge in [-0.15, -0.1) is 0 Å². The molecule has 0 atom stereocenters. The van der Waals surface area contributed by atoms with Crippen molar-refractivity contribution in [3.63, 3.8) is 0 Å². The molecular formula is C11H8ClN3O3. The Morgan fingerprint density at radius 1 is 1.28 bits per heavy atom. The summed E-state index contributed by atoms with van der Waals surface area (Å²) in [6, 6.07) is 6.46. The third-order valence-corrected chi connectivity index (χ3v) is 2.56. The van der Waals surface area contributed by atoms with Crippen LogP contribution in [0.1, 0.15) is 20.7 Å². The lowest BCUT2D eigenvalue weighted by atomic mass is 10.2. The van der Waals surface area contributed by atoms with E-state index in [0.29, 0.717) is 0 Å². The molecule has 7 heteroatoms. The van der Waals surface area contributed by atoms with Gasteiger partial charge in [0.25, 0.3) is 5.91 Å². The Bertz CT molecular complexity index is 609. The predicted molar refractivity (Wildman–Crippen MR) is 65.0 cm³/mol. The molecule has 0 radical (unpaired) electrons. The van der Waals surface area contributed by atoms with Gasteiger partial charge in [0.1, 0.15) is 11.4 Å². The van der Waals surface area contributed by atoms with E-state index in [1.165, 1.54) is 6.07 Å². The number of halogens is 1. The number of aromatic amines is 1. The molecule has 1 aromatic heterocycles. The van der Waals surface area contributed by atoms with E-state index in [4.69, 9.17) is 16.7 Å². The fourth-order valence-corrected chi connectivity index (χ4v) is 1.59. The highest BCUT2D eigenvalue weighted by Crippen LogP contribution is 2.17. The summed E-state index contributed by atoms with van der Waals surface area (Å²) < 4.78 is 0. The van der Waals surface area contributed by atoms with E-state index in [9.17, 15) is 9.59 Å². The highest BCUT2D eigenvalue weighted by molar-refractivity contribution is 6.34. The number of rotatable bonds is 3. The molecule has 0 saturated carbocycles. The molecule has 2 rings (SSSR count). The monoisotopic (exact) mass is 265 g/mol. The van der Waals surface area contributed by atoms with E-state index in [0.717, 1.165) is 6.20 Å². The van der Waals surface area contributed by atoms with Crippen molar-refractivity contribution in [1.82, 2.24) is 10.2 Å². The maximum absolute atomic E-state index is 11.9. The van der Waals surface area contributed by atoms with Crippen molar-refractivity contribution in [1.29, 1.82) is 0 Å². The maximum Gasteiger partial charge on any atom is 0.341 e. The van der Waals surface area contributed by atoms with Gasteiger partial charge >= 0.3 is 5.97 Å². The summed E-state index contributed by atoms with van der Waals surface area (Å²) in [5.74, 6) is -1.67. The summed E-state index contributed by atoms with van der Waals surface area (Å²) in [5, 5.41) is 17.5. The minimum absolute atomic E-state index is 0.0208. The minimum Gasteiger partial charge on any atom is -0.477 e. The number of amides is 1. The number of anilines is 1. The van der Waals surface area contributed by atoms with E-state index in [2.05, 4.69) is 15.5 Å². The van der Waals surface area contributed by atoms with Gasteiger partial charge in [-0.2, -0.15) is 5.10 Å². The van der Waals surface area contributed by atoms with Gasteiger partial charge in [0, 0.05) is 0 Å². The van der Waals surface area contributed by atoms with Crippen LogP contribution in [0.4, 0.5) is 5.82 Å². The molecule has 0 unspecified atom stereocenters. The molecule has 0 bridgehead atoms. The van der Waals surface area contributed by atoms with Crippen molar-refractivity contribution in [2.24, 2.45) is 0 Å². The predicted octanol–water partition coefficient (Wildman–Crippen LogP) is 2.01. The molecule has 0 fully saturated rings. The molecule has 0 aliphatic heterocycles. The van der Waals surface area contributed by atoms with Crippen LogP contribution in [0.5, 0.6) is 0 Å². The van der Waals surface area contributed by atoms with Crippen LogP contribution in [0, 0.1) is 0 Å². The van der Waals surface area contributed by atoms with Crippen LogP contribution < -0.4 is 5.32 Å². The van der Waals surface area contributed by atoms with Crippen LogP contribution in [0.3, 0.4) is 0 Å². The molecule has 1 heterocycles. The maximum atomic E-state index is 11.9. The topological polar surface area (TPSA) is 95.1 Å². The van der Waals surface area contributed by atoms with Gasteiger partial charge < -0.3 is 10.4 Å². The Balaban J connectivity index is 2.25. The molecular weight excluding hydrogens is 258 g/mol. The fraction of sp³-hybridized carbons (Fsp3) is 0. The lowest BCUT2D eigenvalue weighted by Gasteiger charge is -2.05. The molecule has 0 spiro atoms. The van der Waals surface area contributed by atoms with Crippen LogP contribution in [0.2, 0.25) is 5.02 Å². The van der Waals surface area contributed by atoms with Crippen LogP contribution in [0.15, 0.2) is 30.5 Å². The zero-order valence-electron chi connectivity index (χ0n) is 8.98.